The predicted octanol–water partition coefficient (Wildman–Crippen LogP) is 1.47. The van der Waals surface area contributed by atoms with Crippen molar-refractivity contribution in [3.8, 4) is 5.75 Å². The molecular formula is C15H20N4O2. The van der Waals surface area contributed by atoms with E-state index in [2.05, 4.69) is 15.7 Å². The van der Waals surface area contributed by atoms with Gasteiger partial charge in [-0.25, -0.2) is 0 Å². The number of aromatic nitrogens is 2. The van der Waals surface area contributed by atoms with Crippen molar-refractivity contribution in [3.05, 3.63) is 41.7 Å². The van der Waals surface area contributed by atoms with Gasteiger partial charge in [0.25, 0.3) is 5.91 Å². The molecule has 1 aromatic carbocycles. The number of anilines is 1. The predicted molar refractivity (Wildman–Crippen MR) is 81.3 cm³/mol. The number of nitrogens with one attached hydrogen (secondary N) is 2. The Morgan fingerprint density at radius 3 is 2.90 bits per heavy atom. The van der Waals surface area contributed by atoms with E-state index in [9.17, 15) is 4.79 Å². The lowest BCUT2D eigenvalue weighted by Crippen LogP contribution is -2.24. The van der Waals surface area contributed by atoms with Crippen LogP contribution in [0.1, 0.15) is 11.3 Å². The molecule has 0 bridgehead atoms. The number of amides is 1. The molecule has 1 heterocycles. The lowest BCUT2D eigenvalue weighted by Gasteiger charge is -2.09. The van der Waals surface area contributed by atoms with Crippen molar-refractivity contribution in [1.29, 1.82) is 0 Å². The molecule has 0 saturated carbocycles. The maximum absolute atomic E-state index is 11.2. The summed E-state index contributed by atoms with van der Waals surface area (Å²) in [5.74, 6) is 0.505. The second kappa shape index (κ2) is 6.78. The average molecular weight is 288 g/mol. The Hall–Kier alpha value is -2.50. The minimum atomic E-state index is -0.153. The summed E-state index contributed by atoms with van der Waals surface area (Å²) < 4.78 is 7.26. The van der Waals surface area contributed by atoms with E-state index >= 15 is 0 Å². The summed E-state index contributed by atoms with van der Waals surface area (Å²) in [5.41, 5.74) is 3.22. The third-order valence-electron chi connectivity index (χ3n) is 3.30. The van der Waals surface area contributed by atoms with Crippen LogP contribution in [-0.4, -0.2) is 29.3 Å². The van der Waals surface area contributed by atoms with E-state index in [0.717, 1.165) is 16.9 Å². The number of benzene rings is 1. The first-order chi connectivity index (χ1) is 10.1. The fraction of sp³-hybridized carbons (Fsp3) is 0.333. The number of carbonyl (C=O) groups excluding carboxylic acids is 1. The van der Waals surface area contributed by atoms with Crippen LogP contribution in [-0.2, 0) is 18.4 Å². The van der Waals surface area contributed by atoms with E-state index in [-0.39, 0.29) is 12.5 Å². The van der Waals surface area contributed by atoms with Gasteiger partial charge in [0.15, 0.2) is 6.61 Å². The Morgan fingerprint density at radius 2 is 2.24 bits per heavy atom. The van der Waals surface area contributed by atoms with Gasteiger partial charge in [0.05, 0.1) is 6.20 Å². The molecule has 6 heteroatoms. The van der Waals surface area contributed by atoms with Gasteiger partial charge in [0.2, 0.25) is 0 Å². The highest BCUT2D eigenvalue weighted by Gasteiger charge is 2.04. The summed E-state index contributed by atoms with van der Waals surface area (Å²) in [6.45, 7) is 2.74. The standard InChI is InChI=1S/C15H20N4O2/c1-11-12(9-18-19(11)3)8-17-13-5-4-6-14(7-13)21-10-15(20)16-2/h4-7,9,17H,8,10H2,1-3H3,(H,16,20). The number of rotatable bonds is 6. The van der Waals surface area contributed by atoms with E-state index in [4.69, 9.17) is 4.74 Å². The molecule has 112 valence electrons. The van der Waals surface area contributed by atoms with Crippen molar-refractivity contribution in [2.75, 3.05) is 19.0 Å². The number of carbonyl (C=O) groups is 1. The van der Waals surface area contributed by atoms with Crippen molar-refractivity contribution >= 4 is 11.6 Å². The zero-order valence-corrected chi connectivity index (χ0v) is 12.5. The molecular weight excluding hydrogens is 268 g/mol. The number of hydrogen-bond donors (Lipinski definition) is 2. The molecule has 0 atom stereocenters. The molecule has 0 radical (unpaired) electrons. The first kappa shape index (κ1) is 14.9. The van der Waals surface area contributed by atoms with Crippen molar-refractivity contribution in [1.82, 2.24) is 15.1 Å². The van der Waals surface area contributed by atoms with E-state index in [1.54, 1.807) is 7.05 Å². The van der Waals surface area contributed by atoms with Gasteiger partial charge in [0.1, 0.15) is 5.75 Å². The van der Waals surface area contributed by atoms with E-state index in [1.807, 2.05) is 49.1 Å². The Labute approximate surface area is 124 Å². The number of hydrogen-bond acceptors (Lipinski definition) is 4. The van der Waals surface area contributed by atoms with Crippen molar-refractivity contribution in [2.45, 2.75) is 13.5 Å². The van der Waals surface area contributed by atoms with Gasteiger partial charge in [-0.1, -0.05) is 6.07 Å². The Kier molecular flexibility index (Phi) is 4.81. The Balaban J connectivity index is 1.94. The van der Waals surface area contributed by atoms with E-state index in [0.29, 0.717) is 12.3 Å². The minimum absolute atomic E-state index is 0.0155. The summed E-state index contributed by atoms with van der Waals surface area (Å²) in [6, 6.07) is 7.54. The summed E-state index contributed by atoms with van der Waals surface area (Å²) in [6.07, 6.45) is 1.86. The largest absolute Gasteiger partial charge is 0.484 e. The molecule has 2 aromatic rings. The van der Waals surface area contributed by atoms with Gasteiger partial charge < -0.3 is 15.4 Å². The molecule has 0 saturated heterocycles. The number of ether oxygens (including phenoxy) is 1. The Bertz CT molecular complexity index is 622. The normalized spacial score (nSPS) is 10.2. The maximum Gasteiger partial charge on any atom is 0.257 e. The second-order valence-corrected chi connectivity index (χ2v) is 4.72. The molecule has 0 unspecified atom stereocenters. The summed E-state index contributed by atoms with van der Waals surface area (Å²) >= 11 is 0. The van der Waals surface area contributed by atoms with E-state index < -0.39 is 0 Å². The molecule has 2 rings (SSSR count). The molecule has 0 aliphatic rings. The lowest BCUT2D eigenvalue weighted by atomic mass is 10.2. The topological polar surface area (TPSA) is 68.2 Å². The molecule has 0 fully saturated rings. The van der Waals surface area contributed by atoms with Gasteiger partial charge in [-0.2, -0.15) is 5.10 Å². The second-order valence-electron chi connectivity index (χ2n) is 4.72. The van der Waals surface area contributed by atoms with Gasteiger partial charge in [-0.15, -0.1) is 0 Å². The molecule has 2 N–H and O–H groups in total. The fourth-order valence-electron chi connectivity index (χ4n) is 1.83. The van der Waals surface area contributed by atoms with Crippen molar-refractivity contribution < 1.29 is 9.53 Å². The summed E-state index contributed by atoms with van der Waals surface area (Å²) in [7, 11) is 3.51. The van der Waals surface area contributed by atoms with Gasteiger partial charge in [-0.3, -0.25) is 9.48 Å². The molecule has 0 aliphatic carbocycles. The fourth-order valence-corrected chi connectivity index (χ4v) is 1.83. The molecule has 0 spiro atoms. The quantitative estimate of drug-likeness (QED) is 0.844. The number of nitrogens with zero attached hydrogens (tertiary/aromatic N) is 2. The van der Waals surface area contributed by atoms with Crippen LogP contribution < -0.4 is 15.4 Å². The smallest absolute Gasteiger partial charge is 0.257 e. The van der Waals surface area contributed by atoms with Gasteiger partial charge in [0, 0.05) is 43.7 Å². The third kappa shape index (κ3) is 3.98. The van der Waals surface area contributed by atoms with Gasteiger partial charge >= 0.3 is 0 Å². The number of likely N-dealkylation sites (N-methyl/N-ethyl adjacent to an activating group) is 1. The summed E-state index contributed by atoms with van der Waals surface area (Å²) in [4.78, 5) is 11.2. The van der Waals surface area contributed by atoms with Crippen LogP contribution in [0.25, 0.3) is 0 Å². The van der Waals surface area contributed by atoms with Crippen LogP contribution in [0.15, 0.2) is 30.5 Å². The monoisotopic (exact) mass is 288 g/mol. The summed E-state index contributed by atoms with van der Waals surface area (Å²) in [5, 5.41) is 10.1. The molecule has 6 nitrogen and oxygen atoms in total. The van der Waals surface area contributed by atoms with Gasteiger partial charge in [-0.05, 0) is 19.1 Å². The van der Waals surface area contributed by atoms with Crippen molar-refractivity contribution in [2.24, 2.45) is 7.05 Å². The van der Waals surface area contributed by atoms with Crippen LogP contribution in [0.5, 0.6) is 5.75 Å². The molecule has 21 heavy (non-hydrogen) atoms. The van der Waals surface area contributed by atoms with Crippen LogP contribution in [0.2, 0.25) is 0 Å². The first-order valence-corrected chi connectivity index (χ1v) is 6.75. The van der Waals surface area contributed by atoms with Crippen LogP contribution in [0.3, 0.4) is 0 Å². The zero-order valence-electron chi connectivity index (χ0n) is 12.5. The zero-order chi connectivity index (χ0) is 15.2. The Morgan fingerprint density at radius 1 is 1.43 bits per heavy atom. The van der Waals surface area contributed by atoms with E-state index in [1.165, 1.54) is 0 Å². The molecule has 1 amide bonds. The highest BCUT2D eigenvalue weighted by molar-refractivity contribution is 5.77. The highest BCUT2D eigenvalue weighted by atomic mass is 16.5. The SMILES string of the molecule is CNC(=O)COc1cccc(NCc2cnn(C)c2C)c1. The minimum Gasteiger partial charge on any atom is -0.484 e. The van der Waals surface area contributed by atoms with Crippen LogP contribution >= 0.6 is 0 Å². The van der Waals surface area contributed by atoms with Crippen LogP contribution in [0, 0.1) is 6.92 Å². The van der Waals surface area contributed by atoms with Crippen molar-refractivity contribution in [3.63, 3.8) is 0 Å². The molecule has 1 aromatic heterocycles. The molecule has 0 aliphatic heterocycles. The number of aryl methyl sites for hydroxylation is 1. The lowest BCUT2D eigenvalue weighted by molar-refractivity contribution is -0.122. The average Bonchev–Trinajstić information content (AvgIpc) is 2.82. The van der Waals surface area contributed by atoms with Crippen LogP contribution in [0.4, 0.5) is 5.69 Å². The highest BCUT2D eigenvalue weighted by Crippen LogP contribution is 2.18. The first-order valence-electron chi connectivity index (χ1n) is 6.75. The maximum atomic E-state index is 11.2. The third-order valence-corrected chi connectivity index (χ3v) is 3.30.